The van der Waals surface area contributed by atoms with Crippen LogP contribution in [0.4, 0.5) is 0 Å². The molecule has 4 rings (SSSR count). The van der Waals surface area contributed by atoms with E-state index in [2.05, 4.69) is 15.1 Å². The number of hydrogen-bond donors (Lipinski definition) is 3. The first-order valence-corrected chi connectivity index (χ1v) is 7.18. The monoisotopic (exact) mass is 320 g/mol. The molecule has 0 bridgehead atoms. The van der Waals surface area contributed by atoms with E-state index in [0.29, 0.717) is 5.95 Å². The van der Waals surface area contributed by atoms with Gasteiger partial charge >= 0.3 is 5.97 Å². The molecule has 24 heavy (non-hydrogen) atoms. The number of H-pyrrole nitrogens is 1. The number of benzene rings is 2. The molecule has 0 atom stereocenters. The molecule has 4 aromatic rings. The van der Waals surface area contributed by atoms with Gasteiger partial charge in [0.25, 0.3) is 0 Å². The summed E-state index contributed by atoms with van der Waals surface area (Å²) in [7, 11) is 0. The van der Waals surface area contributed by atoms with Gasteiger partial charge in [-0.25, -0.2) is 14.5 Å². The second-order valence-electron chi connectivity index (χ2n) is 5.32. The number of aromatic amines is 1. The Balaban J connectivity index is 1.77. The fourth-order valence-corrected chi connectivity index (χ4v) is 2.51. The average Bonchev–Trinajstić information content (AvgIpc) is 3.21. The molecule has 7 nitrogen and oxygen atoms in total. The van der Waals surface area contributed by atoms with E-state index < -0.39 is 5.97 Å². The number of rotatable bonds is 3. The van der Waals surface area contributed by atoms with Crippen molar-refractivity contribution in [2.24, 2.45) is 0 Å². The minimum Gasteiger partial charge on any atom is -0.508 e. The summed E-state index contributed by atoms with van der Waals surface area (Å²) in [6, 6.07) is 12.7. The molecule has 118 valence electrons. The molecule has 0 spiro atoms. The lowest BCUT2D eigenvalue weighted by molar-refractivity contribution is 0.0697. The fraction of sp³-hybridized carbons (Fsp3) is 0. The summed E-state index contributed by atoms with van der Waals surface area (Å²) in [6.07, 6.45) is 2.67. The lowest BCUT2D eigenvalue weighted by atomic mass is 10.1. The van der Waals surface area contributed by atoms with Gasteiger partial charge in [0.1, 0.15) is 5.75 Å². The van der Waals surface area contributed by atoms with Gasteiger partial charge in [-0.1, -0.05) is 18.2 Å². The normalized spacial score (nSPS) is 11.0. The van der Waals surface area contributed by atoms with Crippen LogP contribution in [-0.2, 0) is 0 Å². The van der Waals surface area contributed by atoms with Crippen LogP contribution in [0.3, 0.4) is 0 Å². The van der Waals surface area contributed by atoms with Crippen LogP contribution in [0.1, 0.15) is 10.4 Å². The molecule has 2 heterocycles. The number of aromatic hydroxyl groups is 1. The lowest BCUT2D eigenvalue weighted by Gasteiger charge is -2.01. The molecule has 0 fully saturated rings. The maximum absolute atomic E-state index is 10.9. The topological polar surface area (TPSA) is 104 Å². The third kappa shape index (κ3) is 2.38. The van der Waals surface area contributed by atoms with Crippen LogP contribution in [-0.4, -0.2) is 35.9 Å². The highest BCUT2D eigenvalue weighted by molar-refractivity contribution is 5.87. The predicted octanol–water partition coefficient (Wildman–Crippen LogP) is 2.82. The molecule has 0 saturated heterocycles. The highest BCUT2D eigenvalue weighted by atomic mass is 16.4. The Hall–Kier alpha value is -3.61. The Morgan fingerprint density at radius 2 is 1.96 bits per heavy atom. The first kappa shape index (κ1) is 14.0. The molecule has 0 aliphatic carbocycles. The van der Waals surface area contributed by atoms with E-state index in [4.69, 9.17) is 5.11 Å². The molecule has 7 heteroatoms. The van der Waals surface area contributed by atoms with Crippen LogP contribution in [0.2, 0.25) is 0 Å². The molecule has 2 aromatic heterocycles. The van der Waals surface area contributed by atoms with Crippen LogP contribution in [0.15, 0.2) is 54.9 Å². The minimum atomic E-state index is -1.04. The van der Waals surface area contributed by atoms with Crippen molar-refractivity contribution in [1.82, 2.24) is 19.7 Å². The smallest absolute Gasteiger partial charge is 0.338 e. The molecule has 0 unspecified atom stereocenters. The maximum atomic E-state index is 10.9. The van der Waals surface area contributed by atoms with E-state index in [-0.39, 0.29) is 11.3 Å². The number of carboxylic acids is 1. The Morgan fingerprint density at radius 3 is 2.71 bits per heavy atom. The van der Waals surface area contributed by atoms with Crippen LogP contribution in [0.5, 0.6) is 5.75 Å². The molecule has 0 saturated carbocycles. The number of phenolic OH excluding ortho intramolecular Hbond substituents is 1. The van der Waals surface area contributed by atoms with Crippen molar-refractivity contribution in [2.45, 2.75) is 0 Å². The van der Waals surface area contributed by atoms with Gasteiger partial charge < -0.3 is 15.2 Å². The molecular weight excluding hydrogens is 308 g/mol. The number of carboxylic acid groups (broad SMARTS) is 1. The Labute approximate surface area is 135 Å². The van der Waals surface area contributed by atoms with Crippen molar-refractivity contribution < 1.29 is 15.0 Å². The first-order valence-electron chi connectivity index (χ1n) is 7.18. The van der Waals surface area contributed by atoms with E-state index in [1.165, 1.54) is 17.1 Å². The van der Waals surface area contributed by atoms with Crippen molar-refractivity contribution >= 4 is 17.0 Å². The summed E-state index contributed by atoms with van der Waals surface area (Å²) in [6.45, 7) is 0. The van der Waals surface area contributed by atoms with Gasteiger partial charge in [0.2, 0.25) is 5.95 Å². The second kappa shape index (κ2) is 5.24. The summed E-state index contributed by atoms with van der Waals surface area (Å²) < 4.78 is 1.39. The number of nitrogens with one attached hydrogen (secondary N) is 1. The van der Waals surface area contributed by atoms with Gasteiger partial charge in [-0.05, 0) is 35.4 Å². The van der Waals surface area contributed by atoms with Gasteiger partial charge in [-0.2, -0.15) is 5.10 Å². The summed E-state index contributed by atoms with van der Waals surface area (Å²) in [5.74, 6) is -0.401. The number of aromatic carboxylic acids is 1. The zero-order valence-corrected chi connectivity index (χ0v) is 12.3. The van der Waals surface area contributed by atoms with Gasteiger partial charge in [0.15, 0.2) is 0 Å². The van der Waals surface area contributed by atoms with Gasteiger partial charge in [0.05, 0.1) is 22.8 Å². The van der Waals surface area contributed by atoms with Crippen LogP contribution in [0.25, 0.3) is 28.1 Å². The standard InChI is InChI=1S/C17H12N4O3/c22-13-3-1-2-10(6-13)11-4-5-14-15(7-11)20-17(19-14)21-9-12(8-18-21)16(23)24/h1-9,22H,(H,19,20)(H,23,24). The molecule has 0 aliphatic rings. The SMILES string of the molecule is O=C(O)c1cnn(-c2nc3cc(-c4cccc(O)c4)ccc3[nH]2)c1. The van der Waals surface area contributed by atoms with Gasteiger partial charge in [0, 0.05) is 6.20 Å². The average molecular weight is 320 g/mol. The third-order valence-corrected chi connectivity index (χ3v) is 3.70. The number of hydrogen-bond acceptors (Lipinski definition) is 4. The first-order chi connectivity index (χ1) is 11.6. The number of nitrogens with zero attached hydrogens (tertiary/aromatic N) is 3. The Kier molecular flexibility index (Phi) is 3.06. The number of carbonyl (C=O) groups is 1. The van der Waals surface area contributed by atoms with E-state index in [1.807, 2.05) is 24.3 Å². The highest BCUT2D eigenvalue weighted by Crippen LogP contribution is 2.26. The van der Waals surface area contributed by atoms with Crippen molar-refractivity contribution in [1.29, 1.82) is 0 Å². The van der Waals surface area contributed by atoms with E-state index in [9.17, 15) is 9.90 Å². The van der Waals surface area contributed by atoms with Crippen LogP contribution < -0.4 is 0 Å². The number of imidazole rings is 1. The van der Waals surface area contributed by atoms with E-state index in [0.717, 1.165) is 22.2 Å². The zero-order valence-electron chi connectivity index (χ0n) is 12.3. The minimum absolute atomic E-state index is 0.0934. The molecule has 0 radical (unpaired) electrons. The van der Waals surface area contributed by atoms with Crippen LogP contribution in [0, 0.1) is 0 Å². The summed E-state index contributed by atoms with van der Waals surface area (Å²) in [5.41, 5.74) is 3.42. The molecule has 0 amide bonds. The zero-order chi connectivity index (χ0) is 16.7. The second-order valence-corrected chi connectivity index (χ2v) is 5.32. The lowest BCUT2D eigenvalue weighted by Crippen LogP contribution is -1.97. The third-order valence-electron chi connectivity index (χ3n) is 3.70. The van der Waals surface area contributed by atoms with Gasteiger partial charge in [-0.15, -0.1) is 0 Å². The quantitative estimate of drug-likeness (QED) is 0.538. The molecule has 3 N–H and O–H groups in total. The van der Waals surface area contributed by atoms with E-state index >= 15 is 0 Å². The Morgan fingerprint density at radius 1 is 1.12 bits per heavy atom. The highest BCUT2D eigenvalue weighted by Gasteiger charge is 2.11. The molecule has 0 aliphatic heterocycles. The van der Waals surface area contributed by atoms with Crippen molar-refractivity contribution in [3.05, 3.63) is 60.4 Å². The van der Waals surface area contributed by atoms with Crippen molar-refractivity contribution in [3.8, 4) is 22.8 Å². The summed E-state index contributed by atoms with van der Waals surface area (Å²) in [5, 5.41) is 22.6. The molecular formula is C17H12N4O3. The van der Waals surface area contributed by atoms with Crippen molar-refractivity contribution in [3.63, 3.8) is 0 Å². The number of phenols is 1. The van der Waals surface area contributed by atoms with Gasteiger partial charge in [-0.3, -0.25) is 0 Å². The molecule has 2 aromatic carbocycles. The number of fused-ring (bicyclic) bond motifs is 1. The largest absolute Gasteiger partial charge is 0.508 e. The summed E-state index contributed by atoms with van der Waals surface area (Å²) >= 11 is 0. The predicted molar refractivity (Wildman–Crippen MR) is 87.3 cm³/mol. The van der Waals surface area contributed by atoms with E-state index in [1.54, 1.807) is 18.2 Å². The summed E-state index contributed by atoms with van der Waals surface area (Å²) in [4.78, 5) is 18.5. The number of aromatic nitrogens is 4. The fourth-order valence-electron chi connectivity index (χ4n) is 2.51. The Bertz CT molecular complexity index is 1060. The van der Waals surface area contributed by atoms with Crippen molar-refractivity contribution in [2.75, 3.05) is 0 Å². The van der Waals surface area contributed by atoms with Crippen LogP contribution >= 0.6 is 0 Å². The maximum Gasteiger partial charge on any atom is 0.338 e.